The molecule has 5 heteroatoms. The fourth-order valence-corrected chi connectivity index (χ4v) is 3.79. The Labute approximate surface area is 114 Å². The Hall–Kier alpha value is -1.51. The SMILES string of the molecule is Cc1cc(N2CCCCS2(=O)=O)ccc1C#CCO. The molecule has 1 N–H and O–H groups in total. The lowest BCUT2D eigenvalue weighted by atomic mass is 10.1. The lowest BCUT2D eigenvalue weighted by Crippen LogP contribution is -2.37. The zero-order valence-electron chi connectivity index (χ0n) is 10.9. The molecular weight excluding hydrogens is 262 g/mol. The minimum Gasteiger partial charge on any atom is -0.384 e. The molecule has 1 aromatic rings. The van der Waals surface area contributed by atoms with Crippen LogP contribution in [0.15, 0.2) is 18.2 Å². The highest BCUT2D eigenvalue weighted by atomic mass is 32.2. The topological polar surface area (TPSA) is 57.6 Å². The fourth-order valence-electron chi connectivity index (χ4n) is 2.16. The third kappa shape index (κ3) is 3.09. The van der Waals surface area contributed by atoms with Crippen LogP contribution in [0.3, 0.4) is 0 Å². The van der Waals surface area contributed by atoms with Gasteiger partial charge in [-0.15, -0.1) is 0 Å². The molecule has 0 aromatic heterocycles. The van der Waals surface area contributed by atoms with Crippen molar-refractivity contribution < 1.29 is 13.5 Å². The van der Waals surface area contributed by atoms with Crippen LogP contribution in [-0.4, -0.2) is 32.4 Å². The van der Waals surface area contributed by atoms with E-state index in [1.54, 1.807) is 12.1 Å². The van der Waals surface area contributed by atoms with Gasteiger partial charge in [0.05, 0.1) is 11.4 Å². The maximum Gasteiger partial charge on any atom is 0.235 e. The van der Waals surface area contributed by atoms with Crippen molar-refractivity contribution in [2.45, 2.75) is 19.8 Å². The third-order valence-electron chi connectivity index (χ3n) is 3.15. The smallest absolute Gasteiger partial charge is 0.235 e. The molecule has 102 valence electrons. The van der Waals surface area contributed by atoms with Gasteiger partial charge in [0, 0.05) is 12.1 Å². The minimum absolute atomic E-state index is 0.179. The number of aliphatic hydroxyl groups excluding tert-OH is 1. The van der Waals surface area contributed by atoms with E-state index in [1.165, 1.54) is 4.31 Å². The summed E-state index contributed by atoms with van der Waals surface area (Å²) in [6.45, 7) is 2.26. The number of rotatable bonds is 1. The minimum atomic E-state index is -3.17. The molecule has 0 spiro atoms. The molecular formula is C14H17NO3S. The number of aliphatic hydroxyl groups is 1. The average molecular weight is 279 g/mol. The first kappa shape index (κ1) is 13.9. The summed E-state index contributed by atoms with van der Waals surface area (Å²) >= 11 is 0. The first-order chi connectivity index (χ1) is 9.04. The van der Waals surface area contributed by atoms with Gasteiger partial charge in [0.25, 0.3) is 0 Å². The lowest BCUT2D eigenvalue weighted by Gasteiger charge is -2.28. The van der Waals surface area contributed by atoms with Crippen LogP contribution in [0.25, 0.3) is 0 Å². The van der Waals surface area contributed by atoms with Crippen LogP contribution in [-0.2, 0) is 10.0 Å². The van der Waals surface area contributed by atoms with Gasteiger partial charge in [-0.1, -0.05) is 11.8 Å². The van der Waals surface area contributed by atoms with Gasteiger partial charge in [-0.2, -0.15) is 0 Å². The van der Waals surface area contributed by atoms with Crippen LogP contribution >= 0.6 is 0 Å². The molecule has 4 nitrogen and oxygen atoms in total. The summed E-state index contributed by atoms with van der Waals surface area (Å²) in [6, 6.07) is 5.42. The predicted octanol–water partition coefficient (Wildman–Crippen LogP) is 1.27. The molecule has 1 saturated heterocycles. The Balaban J connectivity index is 2.34. The van der Waals surface area contributed by atoms with Crippen molar-refractivity contribution in [1.82, 2.24) is 0 Å². The quantitative estimate of drug-likeness (QED) is 0.788. The average Bonchev–Trinajstić information content (AvgIpc) is 2.37. The summed E-state index contributed by atoms with van der Waals surface area (Å²) in [5.41, 5.74) is 2.43. The summed E-state index contributed by atoms with van der Waals surface area (Å²) in [5.74, 6) is 5.66. The van der Waals surface area contributed by atoms with E-state index in [2.05, 4.69) is 11.8 Å². The molecule has 0 saturated carbocycles. The molecule has 0 aliphatic carbocycles. The molecule has 1 aromatic carbocycles. The molecule has 1 aliphatic heterocycles. The van der Waals surface area contributed by atoms with Gasteiger partial charge in [0.1, 0.15) is 6.61 Å². The van der Waals surface area contributed by atoms with Crippen LogP contribution in [0, 0.1) is 18.8 Å². The Morgan fingerprint density at radius 3 is 2.79 bits per heavy atom. The second-order valence-electron chi connectivity index (χ2n) is 4.55. The van der Waals surface area contributed by atoms with Crippen molar-refractivity contribution in [2.24, 2.45) is 0 Å². The molecule has 0 amide bonds. The monoisotopic (exact) mass is 279 g/mol. The molecule has 1 fully saturated rings. The second kappa shape index (κ2) is 5.64. The van der Waals surface area contributed by atoms with Crippen LogP contribution in [0.1, 0.15) is 24.0 Å². The highest BCUT2D eigenvalue weighted by Crippen LogP contribution is 2.25. The summed E-state index contributed by atoms with van der Waals surface area (Å²) < 4.78 is 25.5. The molecule has 0 atom stereocenters. The van der Waals surface area contributed by atoms with Crippen molar-refractivity contribution in [2.75, 3.05) is 23.2 Å². The van der Waals surface area contributed by atoms with E-state index in [-0.39, 0.29) is 12.4 Å². The van der Waals surface area contributed by atoms with E-state index < -0.39 is 10.0 Å². The first-order valence-corrected chi connectivity index (χ1v) is 7.86. The predicted molar refractivity (Wildman–Crippen MR) is 75.5 cm³/mol. The summed E-state index contributed by atoms with van der Waals surface area (Å²) in [4.78, 5) is 0. The van der Waals surface area contributed by atoms with Gasteiger partial charge in [-0.05, 0) is 43.5 Å². The number of sulfonamides is 1. The van der Waals surface area contributed by atoms with E-state index in [1.807, 2.05) is 13.0 Å². The van der Waals surface area contributed by atoms with E-state index in [0.717, 1.165) is 24.0 Å². The van der Waals surface area contributed by atoms with Crippen molar-refractivity contribution in [3.8, 4) is 11.8 Å². The van der Waals surface area contributed by atoms with Crippen molar-refractivity contribution in [1.29, 1.82) is 0 Å². The largest absolute Gasteiger partial charge is 0.384 e. The van der Waals surface area contributed by atoms with Gasteiger partial charge < -0.3 is 5.11 Å². The molecule has 2 rings (SSSR count). The molecule has 1 heterocycles. The Kier molecular flexibility index (Phi) is 4.13. The number of hydrogen-bond acceptors (Lipinski definition) is 3. The number of hydrogen-bond donors (Lipinski definition) is 1. The molecule has 19 heavy (non-hydrogen) atoms. The number of benzene rings is 1. The standard InChI is InChI=1S/C14H17NO3S/c1-12-11-14(7-6-13(12)5-4-9-16)15-8-2-3-10-19(15,17)18/h6-7,11,16H,2-3,8-10H2,1H3. The summed E-state index contributed by atoms with van der Waals surface area (Å²) in [7, 11) is -3.17. The maximum atomic E-state index is 12.0. The Morgan fingerprint density at radius 2 is 2.16 bits per heavy atom. The molecule has 0 bridgehead atoms. The molecule has 0 unspecified atom stereocenters. The van der Waals surface area contributed by atoms with Crippen LogP contribution < -0.4 is 4.31 Å². The first-order valence-electron chi connectivity index (χ1n) is 6.25. The zero-order chi connectivity index (χ0) is 13.9. The zero-order valence-corrected chi connectivity index (χ0v) is 11.7. The molecule has 0 radical (unpaired) electrons. The Bertz CT molecular complexity index is 626. The van der Waals surface area contributed by atoms with E-state index >= 15 is 0 Å². The van der Waals surface area contributed by atoms with E-state index in [0.29, 0.717) is 12.2 Å². The fraction of sp³-hybridized carbons (Fsp3) is 0.429. The van der Waals surface area contributed by atoms with Gasteiger partial charge in [0.2, 0.25) is 10.0 Å². The van der Waals surface area contributed by atoms with Crippen molar-refractivity contribution >= 4 is 15.7 Å². The van der Waals surface area contributed by atoms with Gasteiger partial charge >= 0.3 is 0 Å². The number of aryl methyl sites for hydroxylation is 1. The molecule has 1 aliphatic rings. The number of anilines is 1. The van der Waals surface area contributed by atoms with Crippen LogP contribution in [0.2, 0.25) is 0 Å². The lowest BCUT2D eigenvalue weighted by molar-refractivity contribution is 0.350. The summed E-state index contributed by atoms with van der Waals surface area (Å²) in [6.07, 6.45) is 1.63. The van der Waals surface area contributed by atoms with Gasteiger partial charge in [0.15, 0.2) is 0 Å². The van der Waals surface area contributed by atoms with Crippen LogP contribution in [0.4, 0.5) is 5.69 Å². The van der Waals surface area contributed by atoms with Crippen LogP contribution in [0.5, 0.6) is 0 Å². The third-order valence-corrected chi connectivity index (χ3v) is 5.02. The Morgan fingerprint density at radius 1 is 1.37 bits per heavy atom. The highest BCUT2D eigenvalue weighted by Gasteiger charge is 2.26. The van der Waals surface area contributed by atoms with Crippen molar-refractivity contribution in [3.63, 3.8) is 0 Å². The normalized spacial score (nSPS) is 17.7. The van der Waals surface area contributed by atoms with Gasteiger partial charge in [-0.25, -0.2) is 8.42 Å². The van der Waals surface area contributed by atoms with E-state index in [4.69, 9.17) is 5.11 Å². The number of nitrogens with zero attached hydrogens (tertiary/aromatic N) is 1. The summed E-state index contributed by atoms with van der Waals surface area (Å²) in [5, 5.41) is 8.68. The second-order valence-corrected chi connectivity index (χ2v) is 6.57. The van der Waals surface area contributed by atoms with E-state index in [9.17, 15) is 8.42 Å². The highest BCUT2D eigenvalue weighted by molar-refractivity contribution is 7.92. The maximum absolute atomic E-state index is 12.0. The van der Waals surface area contributed by atoms with Gasteiger partial charge in [-0.3, -0.25) is 4.31 Å². The van der Waals surface area contributed by atoms with Crippen molar-refractivity contribution in [3.05, 3.63) is 29.3 Å².